The molecule has 1 aromatic carbocycles. The SMILES string of the molecule is CC[C@@](NC(=O)COc1ccccc1OC)(C(N)=O)C(C)C. The topological polar surface area (TPSA) is 90.7 Å². The van der Waals surface area contributed by atoms with E-state index in [2.05, 4.69) is 5.32 Å². The summed E-state index contributed by atoms with van der Waals surface area (Å²) in [7, 11) is 1.52. The van der Waals surface area contributed by atoms with Gasteiger partial charge in [-0.3, -0.25) is 9.59 Å². The largest absolute Gasteiger partial charge is 0.493 e. The summed E-state index contributed by atoms with van der Waals surface area (Å²) >= 11 is 0. The van der Waals surface area contributed by atoms with Crippen molar-refractivity contribution >= 4 is 11.8 Å². The zero-order chi connectivity index (χ0) is 16.8. The van der Waals surface area contributed by atoms with Gasteiger partial charge in [0.1, 0.15) is 5.54 Å². The van der Waals surface area contributed by atoms with Gasteiger partial charge >= 0.3 is 0 Å². The maximum absolute atomic E-state index is 12.1. The number of hydrogen-bond donors (Lipinski definition) is 2. The molecule has 0 bridgehead atoms. The minimum Gasteiger partial charge on any atom is -0.493 e. The Kier molecular flexibility index (Phi) is 6.22. The van der Waals surface area contributed by atoms with Gasteiger partial charge in [0.15, 0.2) is 18.1 Å². The summed E-state index contributed by atoms with van der Waals surface area (Å²) in [5.74, 6) is -0.0669. The van der Waals surface area contributed by atoms with Gasteiger partial charge in [-0.15, -0.1) is 0 Å². The monoisotopic (exact) mass is 308 g/mol. The van der Waals surface area contributed by atoms with Crippen LogP contribution in [-0.4, -0.2) is 31.1 Å². The molecular weight excluding hydrogens is 284 g/mol. The fourth-order valence-electron chi connectivity index (χ4n) is 2.33. The number of carbonyl (C=O) groups excluding carboxylic acids is 2. The van der Waals surface area contributed by atoms with Gasteiger partial charge in [0.25, 0.3) is 5.91 Å². The predicted molar refractivity (Wildman–Crippen MR) is 83.7 cm³/mol. The average molecular weight is 308 g/mol. The summed E-state index contributed by atoms with van der Waals surface area (Å²) in [4.78, 5) is 23.9. The smallest absolute Gasteiger partial charge is 0.258 e. The number of para-hydroxylation sites is 2. The van der Waals surface area contributed by atoms with Gasteiger partial charge in [-0.05, 0) is 24.5 Å². The molecule has 1 aromatic rings. The number of amides is 2. The zero-order valence-corrected chi connectivity index (χ0v) is 13.5. The number of hydrogen-bond acceptors (Lipinski definition) is 4. The van der Waals surface area contributed by atoms with E-state index in [9.17, 15) is 9.59 Å². The van der Waals surface area contributed by atoms with Crippen LogP contribution in [0.15, 0.2) is 24.3 Å². The number of carbonyl (C=O) groups is 2. The first-order chi connectivity index (χ1) is 10.4. The highest BCUT2D eigenvalue weighted by Gasteiger charge is 2.39. The van der Waals surface area contributed by atoms with E-state index in [1.807, 2.05) is 20.8 Å². The lowest BCUT2D eigenvalue weighted by Crippen LogP contribution is -2.61. The van der Waals surface area contributed by atoms with E-state index >= 15 is 0 Å². The van der Waals surface area contributed by atoms with Gasteiger partial charge in [0.05, 0.1) is 7.11 Å². The van der Waals surface area contributed by atoms with Crippen molar-refractivity contribution in [1.82, 2.24) is 5.32 Å². The Hall–Kier alpha value is -2.24. The van der Waals surface area contributed by atoms with E-state index in [0.717, 1.165) is 0 Å². The van der Waals surface area contributed by atoms with E-state index in [0.29, 0.717) is 17.9 Å². The van der Waals surface area contributed by atoms with Crippen LogP contribution in [0.2, 0.25) is 0 Å². The van der Waals surface area contributed by atoms with E-state index in [-0.39, 0.29) is 12.5 Å². The van der Waals surface area contributed by atoms with Crippen LogP contribution in [-0.2, 0) is 9.59 Å². The van der Waals surface area contributed by atoms with Crippen molar-refractivity contribution in [3.8, 4) is 11.5 Å². The zero-order valence-electron chi connectivity index (χ0n) is 13.5. The van der Waals surface area contributed by atoms with Gasteiger partial charge in [-0.25, -0.2) is 0 Å². The third-order valence-corrected chi connectivity index (χ3v) is 3.77. The summed E-state index contributed by atoms with van der Waals surface area (Å²) in [6.07, 6.45) is 0.417. The standard InChI is InChI=1S/C16H24N2O4/c1-5-16(11(2)3,15(17)20)18-14(19)10-22-13-9-7-6-8-12(13)21-4/h6-9,11H,5,10H2,1-4H3,(H2,17,20)(H,18,19)/t16-/m0/s1. The molecule has 0 unspecified atom stereocenters. The Bertz CT molecular complexity index is 531. The van der Waals surface area contributed by atoms with Gasteiger partial charge in [-0.1, -0.05) is 32.9 Å². The molecule has 22 heavy (non-hydrogen) atoms. The molecule has 0 saturated carbocycles. The molecular formula is C16H24N2O4. The predicted octanol–water partition coefficient (Wildman–Crippen LogP) is 1.48. The Labute approximate surface area is 131 Å². The molecule has 1 atom stereocenters. The molecule has 0 radical (unpaired) electrons. The van der Waals surface area contributed by atoms with Crippen molar-refractivity contribution < 1.29 is 19.1 Å². The minimum atomic E-state index is -1.07. The molecule has 0 aliphatic rings. The first-order valence-corrected chi connectivity index (χ1v) is 7.24. The molecule has 0 aromatic heterocycles. The van der Waals surface area contributed by atoms with Crippen LogP contribution in [0.4, 0.5) is 0 Å². The third kappa shape index (κ3) is 3.90. The van der Waals surface area contributed by atoms with Crippen molar-refractivity contribution in [2.75, 3.05) is 13.7 Å². The number of nitrogens with one attached hydrogen (secondary N) is 1. The second kappa shape index (κ2) is 7.68. The van der Waals surface area contributed by atoms with Crippen molar-refractivity contribution in [2.24, 2.45) is 11.7 Å². The lowest BCUT2D eigenvalue weighted by Gasteiger charge is -2.34. The first-order valence-electron chi connectivity index (χ1n) is 7.24. The van der Waals surface area contributed by atoms with Crippen LogP contribution in [0, 0.1) is 5.92 Å². The van der Waals surface area contributed by atoms with Crippen LogP contribution >= 0.6 is 0 Å². The van der Waals surface area contributed by atoms with Crippen molar-refractivity contribution in [3.05, 3.63) is 24.3 Å². The van der Waals surface area contributed by atoms with Gasteiger partial charge in [0.2, 0.25) is 5.91 Å². The number of ether oxygens (including phenoxy) is 2. The van der Waals surface area contributed by atoms with Crippen LogP contribution in [0.3, 0.4) is 0 Å². The molecule has 0 spiro atoms. The van der Waals surface area contributed by atoms with Crippen LogP contribution in [0.5, 0.6) is 11.5 Å². The van der Waals surface area contributed by atoms with E-state index in [1.165, 1.54) is 7.11 Å². The molecule has 0 heterocycles. The van der Waals surface area contributed by atoms with E-state index < -0.39 is 17.4 Å². The molecule has 6 nitrogen and oxygen atoms in total. The van der Waals surface area contributed by atoms with E-state index in [1.54, 1.807) is 24.3 Å². The Morgan fingerprint density at radius 3 is 2.32 bits per heavy atom. The summed E-state index contributed by atoms with van der Waals surface area (Å²) < 4.78 is 10.6. The number of methoxy groups -OCH3 is 1. The lowest BCUT2D eigenvalue weighted by molar-refractivity contribution is -0.134. The number of rotatable bonds is 8. The second-order valence-corrected chi connectivity index (χ2v) is 5.33. The highest BCUT2D eigenvalue weighted by atomic mass is 16.5. The van der Waals surface area contributed by atoms with Crippen molar-refractivity contribution in [3.63, 3.8) is 0 Å². The molecule has 0 fully saturated rings. The molecule has 0 aliphatic carbocycles. The first kappa shape index (κ1) is 17.8. The molecule has 122 valence electrons. The van der Waals surface area contributed by atoms with Crippen LogP contribution in [0.1, 0.15) is 27.2 Å². The van der Waals surface area contributed by atoms with Gasteiger partial charge < -0.3 is 20.5 Å². The Balaban J connectivity index is 2.75. The van der Waals surface area contributed by atoms with Gasteiger partial charge in [0, 0.05) is 0 Å². The average Bonchev–Trinajstić information content (AvgIpc) is 2.50. The van der Waals surface area contributed by atoms with Crippen molar-refractivity contribution in [2.45, 2.75) is 32.7 Å². The quantitative estimate of drug-likeness (QED) is 0.761. The number of primary amides is 1. The maximum atomic E-state index is 12.1. The normalized spacial score (nSPS) is 13.3. The Morgan fingerprint density at radius 2 is 1.86 bits per heavy atom. The molecule has 3 N–H and O–H groups in total. The fourth-order valence-corrected chi connectivity index (χ4v) is 2.33. The summed E-state index contributed by atoms with van der Waals surface area (Å²) in [5.41, 5.74) is 4.40. The van der Waals surface area contributed by atoms with Gasteiger partial charge in [-0.2, -0.15) is 0 Å². The minimum absolute atomic E-state index is 0.120. The second-order valence-electron chi connectivity index (χ2n) is 5.33. The summed E-state index contributed by atoms with van der Waals surface area (Å²) in [6, 6.07) is 7.03. The maximum Gasteiger partial charge on any atom is 0.258 e. The van der Waals surface area contributed by atoms with Crippen LogP contribution < -0.4 is 20.5 Å². The molecule has 6 heteroatoms. The summed E-state index contributed by atoms with van der Waals surface area (Å²) in [5, 5.41) is 2.71. The highest BCUT2D eigenvalue weighted by molar-refractivity contribution is 5.91. The highest BCUT2D eigenvalue weighted by Crippen LogP contribution is 2.26. The van der Waals surface area contributed by atoms with Crippen LogP contribution in [0.25, 0.3) is 0 Å². The Morgan fingerprint density at radius 1 is 1.27 bits per heavy atom. The van der Waals surface area contributed by atoms with Crippen molar-refractivity contribution in [1.29, 1.82) is 0 Å². The third-order valence-electron chi connectivity index (χ3n) is 3.77. The lowest BCUT2D eigenvalue weighted by atomic mass is 9.83. The summed E-state index contributed by atoms with van der Waals surface area (Å²) in [6.45, 7) is 5.28. The molecule has 2 amide bonds. The molecule has 0 aliphatic heterocycles. The molecule has 0 saturated heterocycles. The van der Waals surface area contributed by atoms with E-state index in [4.69, 9.17) is 15.2 Å². The number of benzene rings is 1. The number of nitrogens with two attached hydrogens (primary N) is 1. The fraction of sp³-hybridized carbons (Fsp3) is 0.500. The molecule has 1 rings (SSSR count).